The van der Waals surface area contributed by atoms with Gasteiger partial charge >= 0.3 is 0 Å². The Morgan fingerprint density at radius 3 is 2.59 bits per heavy atom. The van der Waals surface area contributed by atoms with Gasteiger partial charge in [0.2, 0.25) is 5.91 Å². The van der Waals surface area contributed by atoms with E-state index in [1.165, 1.54) is 4.90 Å². The molecule has 1 aliphatic rings. The standard InChI is InChI=1S/C20H20F2N2O5/c1-2-24(20(26)12-29-16-5-3-13(21)9-15(16)22)11-19(25)23-14-4-6-17-18(10-14)28-8-7-27-17/h3-6,9-10H,2,7-8,11-12H2,1H3,(H,23,25). The molecule has 0 fully saturated rings. The van der Waals surface area contributed by atoms with Gasteiger partial charge in [-0.05, 0) is 31.2 Å². The molecule has 1 N–H and O–H groups in total. The van der Waals surface area contributed by atoms with Crippen LogP contribution in [0.3, 0.4) is 0 Å². The summed E-state index contributed by atoms with van der Waals surface area (Å²) in [6, 6.07) is 7.80. The zero-order valence-electron chi connectivity index (χ0n) is 15.7. The number of likely N-dealkylation sites (N-methyl/N-ethyl adjacent to an activating group) is 1. The number of rotatable bonds is 7. The maximum Gasteiger partial charge on any atom is 0.260 e. The number of hydrogen-bond donors (Lipinski definition) is 1. The van der Waals surface area contributed by atoms with Gasteiger partial charge in [0.15, 0.2) is 29.7 Å². The summed E-state index contributed by atoms with van der Waals surface area (Å²) >= 11 is 0. The third-order valence-electron chi connectivity index (χ3n) is 4.14. The number of anilines is 1. The monoisotopic (exact) mass is 406 g/mol. The van der Waals surface area contributed by atoms with Gasteiger partial charge in [-0.15, -0.1) is 0 Å². The molecule has 0 atom stereocenters. The molecule has 2 amide bonds. The molecule has 1 heterocycles. The minimum absolute atomic E-state index is 0.209. The molecule has 0 aromatic heterocycles. The predicted octanol–water partition coefficient (Wildman–Crippen LogP) is 2.60. The van der Waals surface area contributed by atoms with E-state index in [9.17, 15) is 18.4 Å². The number of hydrogen-bond acceptors (Lipinski definition) is 5. The topological polar surface area (TPSA) is 77.1 Å². The third-order valence-corrected chi connectivity index (χ3v) is 4.14. The van der Waals surface area contributed by atoms with Crippen LogP contribution in [0.4, 0.5) is 14.5 Å². The van der Waals surface area contributed by atoms with Crippen molar-refractivity contribution in [2.24, 2.45) is 0 Å². The molecule has 0 radical (unpaired) electrons. The highest BCUT2D eigenvalue weighted by atomic mass is 19.1. The summed E-state index contributed by atoms with van der Waals surface area (Å²) in [5.41, 5.74) is 0.507. The Hall–Kier alpha value is -3.36. The van der Waals surface area contributed by atoms with Gasteiger partial charge in [-0.1, -0.05) is 0 Å². The number of carbonyl (C=O) groups excluding carboxylic acids is 2. The maximum absolute atomic E-state index is 13.6. The van der Waals surface area contributed by atoms with Crippen LogP contribution in [0, 0.1) is 11.6 Å². The largest absolute Gasteiger partial charge is 0.486 e. The fourth-order valence-electron chi connectivity index (χ4n) is 2.69. The van der Waals surface area contributed by atoms with Gasteiger partial charge in [-0.2, -0.15) is 0 Å². The Labute approximate surface area is 166 Å². The summed E-state index contributed by atoms with van der Waals surface area (Å²) in [6.45, 7) is 2.16. The zero-order valence-corrected chi connectivity index (χ0v) is 15.7. The van der Waals surface area contributed by atoms with Crippen molar-refractivity contribution in [2.45, 2.75) is 6.92 Å². The van der Waals surface area contributed by atoms with E-state index < -0.39 is 30.1 Å². The smallest absolute Gasteiger partial charge is 0.260 e. The molecule has 7 nitrogen and oxygen atoms in total. The molecule has 0 spiro atoms. The summed E-state index contributed by atoms with van der Waals surface area (Å²) in [7, 11) is 0. The molecular formula is C20H20F2N2O5. The number of amides is 2. The minimum Gasteiger partial charge on any atom is -0.486 e. The van der Waals surface area contributed by atoms with E-state index in [0.29, 0.717) is 36.5 Å². The first kappa shape index (κ1) is 20.4. The van der Waals surface area contributed by atoms with Crippen molar-refractivity contribution in [1.29, 1.82) is 0 Å². The average molecular weight is 406 g/mol. The molecule has 0 bridgehead atoms. The second-order valence-electron chi connectivity index (χ2n) is 6.18. The molecular weight excluding hydrogens is 386 g/mol. The van der Waals surface area contributed by atoms with Crippen molar-refractivity contribution < 1.29 is 32.6 Å². The van der Waals surface area contributed by atoms with Gasteiger partial charge in [0.05, 0.1) is 6.54 Å². The summed E-state index contributed by atoms with van der Waals surface area (Å²) in [4.78, 5) is 25.9. The number of fused-ring (bicyclic) bond motifs is 1. The van der Waals surface area contributed by atoms with E-state index in [0.717, 1.165) is 12.1 Å². The Morgan fingerprint density at radius 2 is 1.86 bits per heavy atom. The first-order valence-electron chi connectivity index (χ1n) is 9.01. The Morgan fingerprint density at radius 1 is 1.10 bits per heavy atom. The summed E-state index contributed by atoms with van der Waals surface area (Å²) in [6.07, 6.45) is 0. The molecule has 29 heavy (non-hydrogen) atoms. The van der Waals surface area contributed by atoms with Crippen molar-refractivity contribution in [3.05, 3.63) is 48.0 Å². The van der Waals surface area contributed by atoms with Crippen molar-refractivity contribution in [2.75, 3.05) is 38.2 Å². The molecule has 2 aromatic rings. The molecule has 0 saturated carbocycles. The highest BCUT2D eigenvalue weighted by Gasteiger charge is 2.18. The van der Waals surface area contributed by atoms with Crippen LogP contribution in [0.5, 0.6) is 17.2 Å². The average Bonchev–Trinajstić information content (AvgIpc) is 2.71. The van der Waals surface area contributed by atoms with Gasteiger partial charge in [-0.25, -0.2) is 8.78 Å². The molecule has 3 rings (SSSR count). The van der Waals surface area contributed by atoms with Crippen LogP contribution in [0.2, 0.25) is 0 Å². The normalized spacial score (nSPS) is 12.2. The number of benzene rings is 2. The van der Waals surface area contributed by atoms with E-state index in [-0.39, 0.29) is 18.8 Å². The number of carbonyl (C=O) groups is 2. The van der Waals surface area contributed by atoms with E-state index in [4.69, 9.17) is 14.2 Å². The lowest BCUT2D eigenvalue weighted by Gasteiger charge is -2.21. The second-order valence-corrected chi connectivity index (χ2v) is 6.18. The highest BCUT2D eigenvalue weighted by molar-refractivity contribution is 5.95. The van der Waals surface area contributed by atoms with Gasteiger partial charge < -0.3 is 24.4 Å². The first-order chi connectivity index (χ1) is 14.0. The number of nitrogens with zero attached hydrogens (tertiary/aromatic N) is 1. The molecule has 2 aromatic carbocycles. The Kier molecular flexibility index (Phi) is 6.48. The lowest BCUT2D eigenvalue weighted by Crippen LogP contribution is -2.40. The molecule has 0 saturated heterocycles. The van der Waals surface area contributed by atoms with Crippen molar-refractivity contribution in [1.82, 2.24) is 4.90 Å². The van der Waals surface area contributed by atoms with Crippen molar-refractivity contribution in [3.8, 4) is 17.2 Å². The first-order valence-corrected chi connectivity index (χ1v) is 9.01. The summed E-state index contributed by atoms with van der Waals surface area (Å²) in [5, 5.41) is 2.69. The number of nitrogens with one attached hydrogen (secondary N) is 1. The van der Waals surface area contributed by atoms with E-state index in [1.807, 2.05) is 0 Å². The SMILES string of the molecule is CCN(CC(=O)Nc1ccc2c(c1)OCCO2)C(=O)COc1ccc(F)cc1F. The van der Waals surface area contributed by atoms with Gasteiger partial charge in [0, 0.05) is 24.4 Å². The maximum atomic E-state index is 13.6. The third kappa shape index (κ3) is 5.34. The van der Waals surface area contributed by atoms with Gasteiger partial charge in [0.25, 0.3) is 5.91 Å². The number of halogens is 2. The van der Waals surface area contributed by atoms with Crippen molar-refractivity contribution in [3.63, 3.8) is 0 Å². The molecule has 1 aliphatic heterocycles. The Balaban J connectivity index is 1.54. The molecule has 0 unspecified atom stereocenters. The number of ether oxygens (including phenoxy) is 3. The van der Waals surface area contributed by atoms with Gasteiger partial charge in [-0.3, -0.25) is 9.59 Å². The summed E-state index contributed by atoms with van der Waals surface area (Å²) in [5.74, 6) is -1.67. The van der Waals surface area contributed by atoms with Crippen LogP contribution in [-0.2, 0) is 9.59 Å². The Bertz CT molecular complexity index is 906. The van der Waals surface area contributed by atoms with E-state index in [1.54, 1.807) is 25.1 Å². The van der Waals surface area contributed by atoms with Crippen LogP contribution < -0.4 is 19.5 Å². The molecule has 154 valence electrons. The van der Waals surface area contributed by atoms with Crippen LogP contribution in [0.1, 0.15) is 6.92 Å². The highest BCUT2D eigenvalue weighted by Crippen LogP contribution is 2.32. The quantitative estimate of drug-likeness (QED) is 0.765. The summed E-state index contributed by atoms with van der Waals surface area (Å²) < 4.78 is 42.5. The molecule has 9 heteroatoms. The van der Waals surface area contributed by atoms with E-state index >= 15 is 0 Å². The fraction of sp³-hybridized carbons (Fsp3) is 0.300. The van der Waals surface area contributed by atoms with Crippen LogP contribution >= 0.6 is 0 Å². The van der Waals surface area contributed by atoms with Gasteiger partial charge in [0.1, 0.15) is 19.0 Å². The lowest BCUT2D eigenvalue weighted by atomic mass is 10.2. The molecule has 0 aliphatic carbocycles. The zero-order chi connectivity index (χ0) is 20.8. The fourth-order valence-corrected chi connectivity index (χ4v) is 2.69. The predicted molar refractivity (Wildman–Crippen MR) is 100 cm³/mol. The van der Waals surface area contributed by atoms with Crippen LogP contribution in [0.25, 0.3) is 0 Å². The lowest BCUT2D eigenvalue weighted by molar-refractivity contribution is -0.136. The van der Waals surface area contributed by atoms with Crippen molar-refractivity contribution >= 4 is 17.5 Å². The van der Waals surface area contributed by atoms with Crippen LogP contribution in [-0.4, -0.2) is 49.6 Å². The van der Waals surface area contributed by atoms with Crippen LogP contribution in [0.15, 0.2) is 36.4 Å². The van der Waals surface area contributed by atoms with E-state index in [2.05, 4.69) is 5.32 Å². The minimum atomic E-state index is -0.905. The second kappa shape index (κ2) is 9.22.